The average molecular weight is 346 g/mol. The van der Waals surface area contributed by atoms with Crippen molar-refractivity contribution in [2.75, 3.05) is 13.2 Å². The van der Waals surface area contributed by atoms with Gasteiger partial charge in [0, 0.05) is 30.6 Å². The second kappa shape index (κ2) is 4.51. The summed E-state index contributed by atoms with van der Waals surface area (Å²) in [5, 5.41) is 0. The summed E-state index contributed by atoms with van der Waals surface area (Å²) in [5.74, 6) is 1.52. The van der Waals surface area contributed by atoms with E-state index in [-0.39, 0.29) is 28.1 Å². The van der Waals surface area contributed by atoms with Crippen molar-refractivity contribution in [2.45, 2.75) is 82.7 Å². The Hall–Kier alpha value is -0.450. The summed E-state index contributed by atoms with van der Waals surface area (Å²) in [4.78, 5) is 12.8. The van der Waals surface area contributed by atoms with Crippen LogP contribution in [0.4, 0.5) is 0 Å². The monoisotopic (exact) mass is 346 g/mol. The molecule has 138 valence electrons. The van der Waals surface area contributed by atoms with Crippen LogP contribution in [-0.2, 0) is 19.0 Å². The van der Waals surface area contributed by atoms with E-state index in [2.05, 4.69) is 13.8 Å². The summed E-state index contributed by atoms with van der Waals surface area (Å²) < 4.78 is 18.7. The van der Waals surface area contributed by atoms with Gasteiger partial charge >= 0.3 is 0 Å². The molecule has 0 aromatic rings. The molecule has 0 aromatic heterocycles. The number of hydrogen-bond donors (Lipinski definition) is 0. The summed E-state index contributed by atoms with van der Waals surface area (Å²) in [6.45, 7) is 6.27. The molecular formula is C21H30O4. The van der Waals surface area contributed by atoms with Crippen molar-refractivity contribution in [3.05, 3.63) is 0 Å². The summed E-state index contributed by atoms with van der Waals surface area (Å²) in [6, 6.07) is 0. The van der Waals surface area contributed by atoms with Crippen LogP contribution >= 0.6 is 0 Å². The van der Waals surface area contributed by atoms with E-state index in [0.29, 0.717) is 23.7 Å². The van der Waals surface area contributed by atoms with Crippen LogP contribution in [0.15, 0.2) is 0 Å². The normalized spacial score (nSPS) is 58.4. The Labute approximate surface area is 150 Å². The predicted octanol–water partition coefficient (Wildman–Crippen LogP) is 3.47. The van der Waals surface area contributed by atoms with Crippen LogP contribution in [0.1, 0.15) is 65.2 Å². The fourth-order valence-electron chi connectivity index (χ4n) is 8.24. The van der Waals surface area contributed by atoms with Crippen molar-refractivity contribution in [1.29, 1.82) is 0 Å². The third-order valence-corrected chi connectivity index (χ3v) is 9.43. The molecule has 4 aliphatic carbocycles. The molecule has 7 atom stereocenters. The van der Waals surface area contributed by atoms with Crippen molar-refractivity contribution >= 4 is 5.78 Å². The topological polar surface area (TPSA) is 48.1 Å². The Morgan fingerprint density at radius 1 is 1.04 bits per heavy atom. The molecular weight excluding hydrogens is 316 g/mol. The minimum absolute atomic E-state index is 0.0458. The van der Waals surface area contributed by atoms with Gasteiger partial charge < -0.3 is 14.2 Å². The molecule has 6 fully saturated rings. The number of carbonyl (C=O) groups is 1. The van der Waals surface area contributed by atoms with Gasteiger partial charge in [0.05, 0.1) is 19.3 Å². The lowest BCUT2D eigenvalue weighted by molar-refractivity contribution is -0.234. The maximum absolute atomic E-state index is 12.8. The van der Waals surface area contributed by atoms with Gasteiger partial charge in [-0.3, -0.25) is 4.79 Å². The maximum Gasteiger partial charge on any atom is 0.169 e. The molecule has 2 spiro atoms. The van der Waals surface area contributed by atoms with Crippen LogP contribution in [0, 0.1) is 28.6 Å². The molecule has 25 heavy (non-hydrogen) atoms. The molecule has 6 rings (SSSR count). The third-order valence-electron chi connectivity index (χ3n) is 9.43. The Bertz CT molecular complexity index is 640. The first-order valence-electron chi connectivity index (χ1n) is 10.4. The molecule has 0 unspecified atom stereocenters. The number of fused-ring (bicyclic) bond motifs is 4. The van der Waals surface area contributed by atoms with E-state index in [1.807, 2.05) is 0 Å². The van der Waals surface area contributed by atoms with Crippen LogP contribution in [0.2, 0.25) is 0 Å². The minimum Gasteiger partial charge on any atom is -0.365 e. The van der Waals surface area contributed by atoms with E-state index in [1.165, 1.54) is 12.8 Å². The number of hydrogen-bond acceptors (Lipinski definition) is 4. The summed E-state index contributed by atoms with van der Waals surface area (Å²) in [7, 11) is 0. The number of epoxide rings is 1. The van der Waals surface area contributed by atoms with Crippen molar-refractivity contribution in [1.82, 2.24) is 0 Å². The zero-order valence-electron chi connectivity index (χ0n) is 15.5. The van der Waals surface area contributed by atoms with E-state index >= 15 is 0 Å². The van der Waals surface area contributed by atoms with E-state index in [4.69, 9.17) is 14.2 Å². The average Bonchev–Trinajstić information content (AvgIpc) is 2.95. The quantitative estimate of drug-likeness (QED) is 0.630. The Kier molecular flexibility index (Phi) is 2.81. The smallest absolute Gasteiger partial charge is 0.169 e. The lowest BCUT2D eigenvalue weighted by Gasteiger charge is -2.59. The fourth-order valence-corrected chi connectivity index (χ4v) is 8.24. The fraction of sp³-hybridized carbons (Fsp3) is 0.952. The molecule has 0 bridgehead atoms. The molecule has 0 radical (unpaired) electrons. The second-order valence-corrected chi connectivity index (χ2v) is 10.3. The van der Waals surface area contributed by atoms with Crippen LogP contribution in [-0.4, -0.2) is 36.5 Å². The largest absolute Gasteiger partial charge is 0.365 e. The zero-order valence-corrected chi connectivity index (χ0v) is 15.5. The van der Waals surface area contributed by atoms with Crippen molar-refractivity contribution in [3.8, 4) is 0 Å². The van der Waals surface area contributed by atoms with Gasteiger partial charge in [0.2, 0.25) is 0 Å². The molecule has 2 heterocycles. The first-order valence-corrected chi connectivity index (χ1v) is 10.4. The van der Waals surface area contributed by atoms with Crippen molar-refractivity contribution in [2.24, 2.45) is 28.6 Å². The zero-order chi connectivity index (χ0) is 17.1. The van der Waals surface area contributed by atoms with Crippen LogP contribution < -0.4 is 0 Å². The standard InChI is InChI=1S/C21H30O4/c1-18-5-3-14-13(17(18)15(22)4-6-18)11-16-21(25-16)8-7-20(12-19(14,21)2)23-9-10-24-20/h13-14,16-17H,3-12H2,1-2H3/t13-,14+,16+,17-,18+,19+,21-/m0/s1. The summed E-state index contributed by atoms with van der Waals surface area (Å²) in [5.41, 5.74) is 0.383. The molecule has 6 aliphatic rings. The van der Waals surface area contributed by atoms with E-state index in [9.17, 15) is 4.79 Å². The highest BCUT2D eigenvalue weighted by Crippen LogP contribution is 2.74. The van der Waals surface area contributed by atoms with Crippen LogP contribution in [0.5, 0.6) is 0 Å². The van der Waals surface area contributed by atoms with Crippen molar-refractivity contribution < 1.29 is 19.0 Å². The summed E-state index contributed by atoms with van der Waals surface area (Å²) in [6.07, 6.45) is 8.82. The van der Waals surface area contributed by atoms with Gasteiger partial charge in [-0.1, -0.05) is 13.8 Å². The number of rotatable bonds is 0. The Balaban J connectivity index is 1.40. The number of carbonyl (C=O) groups excluding carboxylic acids is 1. The van der Waals surface area contributed by atoms with Crippen LogP contribution in [0.25, 0.3) is 0 Å². The molecule has 4 heteroatoms. The van der Waals surface area contributed by atoms with Gasteiger partial charge in [0.25, 0.3) is 0 Å². The molecule has 4 saturated carbocycles. The highest BCUT2D eigenvalue weighted by atomic mass is 16.7. The van der Waals surface area contributed by atoms with Gasteiger partial charge in [-0.2, -0.15) is 0 Å². The highest BCUT2D eigenvalue weighted by molar-refractivity contribution is 5.84. The Morgan fingerprint density at radius 3 is 2.64 bits per heavy atom. The predicted molar refractivity (Wildman–Crippen MR) is 90.9 cm³/mol. The Morgan fingerprint density at radius 2 is 1.84 bits per heavy atom. The molecule has 0 amide bonds. The number of Topliss-reactive ketones (excluding diaryl/α,β-unsaturated/α-hetero) is 1. The molecule has 0 N–H and O–H groups in total. The highest BCUT2D eigenvalue weighted by Gasteiger charge is 2.78. The molecule has 2 saturated heterocycles. The van der Waals surface area contributed by atoms with Gasteiger partial charge in [-0.15, -0.1) is 0 Å². The summed E-state index contributed by atoms with van der Waals surface area (Å²) >= 11 is 0. The van der Waals surface area contributed by atoms with Gasteiger partial charge in [0.1, 0.15) is 11.4 Å². The van der Waals surface area contributed by atoms with Gasteiger partial charge in [0.15, 0.2) is 5.79 Å². The van der Waals surface area contributed by atoms with Crippen LogP contribution in [0.3, 0.4) is 0 Å². The minimum atomic E-state index is -0.376. The SMILES string of the molecule is C[C@@]12CCC(=O)[C@@H]1[C@H]1C[C@H]3O[C@@]34CCC3(C[C@]4(C)[C@@H]1CC2)OCCO3. The van der Waals surface area contributed by atoms with Gasteiger partial charge in [-0.25, -0.2) is 0 Å². The van der Waals surface area contributed by atoms with Gasteiger partial charge in [-0.05, 0) is 49.4 Å². The van der Waals surface area contributed by atoms with E-state index in [1.54, 1.807) is 0 Å². The third kappa shape index (κ3) is 1.73. The molecule has 4 nitrogen and oxygen atoms in total. The first kappa shape index (κ1) is 15.6. The van der Waals surface area contributed by atoms with E-state index < -0.39 is 0 Å². The number of ketones is 1. The van der Waals surface area contributed by atoms with Crippen molar-refractivity contribution in [3.63, 3.8) is 0 Å². The molecule has 2 aliphatic heterocycles. The van der Waals surface area contributed by atoms with E-state index in [0.717, 1.165) is 51.7 Å². The second-order valence-electron chi connectivity index (χ2n) is 10.3. The molecule has 0 aromatic carbocycles. The maximum atomic E-state index is 12.8. The first-order chi connectivity index (χ1) is 11.9. The lowest BCUT2D eigenvalue weighted by atomic mass is 9.44. The lowest BCUT2D eigenvalue weighted by Crippen LogP contribution is -2.61. The number of ether oxygens (including phenoxy) is 3.